The minimum absolute atomic E-state index is 0.0389. The van der Waals surface area contributed by atoms with Crippen molar-refractivity contribution in [3.8, 4) is 0 Å². The second-order valence-electron chi connectivity index (χ2n) is 5.47. The number of thiophene rings is 1. The zero-order valence-electron chi connectivity index (χ0n) is 12.4. The van der Waals surface area contributed by atoms with E-state index in [0.717, 1.165) is 21.9 Å². The van der Waals surface area contributed by atoms with E-state index in [2.05, 4.69) is 5.10 Å². The van der Waals surface area contributed by atoms with Crippen molar-refractivity contribution < 1.29 is 15.0 Å². The predicted molar refractivity (Wildman–Crippen MR) is 82.7 cm³/mol. The molecule has 7 heteroatoms. The van der Waals surface area contributed by atoms with Crippen molar-refractivity contribution in [1.29, 1.82) is 0 Å². The first-order valence-corrected chi connectivity index (χ1v) is 8.11. The topological polar surface area (TPSA) is 78.6 Å². The molecule has 0 saturated carbocycles. The van der Waals surface area contributed by atoms with Crippen LogP contribution in [0.25, 0.3) is 0 Å². The van der Waals surface area contributed by atoms with Gasteiger partial charge >= 0.3 is 0 Å². The molecule has 3 heterocycles. The maximum Gasteiger partial charge on any atom is 0.264 e. The van der Waals surface area contributed by atoms with Crippen LogP contribution < -0.4 is 0 Å². The van der Waals surface area contributed by atoms with Crippen molar-refractivity contribution in [1.82, 2.24) is 14.7 Å². The molecule has 2 N–H and O–H groups in total. The second-order valence-corrected chi connectivity index (χ2v) is 6.76. The first kappa shape index (κ1) is 15.2. The highest BCUT2D eigenvalue weighted by Gasteiger charge is 2.23. The van der Waals surface area contributed by atoms with Gasteiger partial charge in [-0.1, -0.05) is 0 Å². The van der Waals surface area contributed by atoms with Crippen LogP contribution in [0.3, 0.4) is 0 Å². The maximum absolute atomic E-state index is 12.6. The van der Waals surface area contributed by atoms with Gasteiger partial charge in [-0.25, -0.2) is 0 Å². The van der Waals surface area contributed by atoms with Crippen LogP contribution >= 0.6 is 11.3 Å². The molecule has 0 fully saturated rings. The van der Waals surface area contributed by atoms with Crippen molar-refractivity contribution in [2.75, 3.05) is 13.2 Å². The van der Waals surface area contributed by atoms with E-state index in [-0.39, 0.29) is 12.5 Å². The van der Waals surface area contributed by atoms with Crippen LogP contribution in [0.2, 0.25) is 0 Å². The molecule has 0 saturated heterocycles. The number of nitrogens with zero attached hydrogens (tertiary/aromatic N) is 3. The summed E-state index contributed by atoms with van der Waals surface area (Å²) in [5.41, 5.74) is 1.35. The zero-order valence-corrected chi connectivity index (χ0v) is 13.2. The monoisotopic (exact) mass is 321 g/mol. The van der Waals surface area contributed by atoms with Crippen LogP contribution in [-0.2, 0) is 13.1 Å². The number of amides is 1. The summed E-state index contributed by atoms with van der Waals surface area (Å²) in [4.78, 5) is 16.3. The number of aliphatic hydroxyl groups excluding tert-OH is 2. The van der Waals surface area contributed by atoms with Gasteiger partial charge in [0.2, 0.25) is 0 Å². The number of aryl methyl sites for hydroxylation is 2. The summed E-state index contributed by atoms with van der Waals surface area (Å²) in [5.74, 6) is 0.0389. The summed E-state index contributed by atoms with van der Waals surface area (Å²) < 4.78 is 1.82. The summed E-state index contributed by atoms with van der Waals surface area (Å²) in [6.07, 6.45) is -0.150. The molecular weight excluding hydrogens is 302 g/mol. The van der Waals surface area contributed by atoms with Crippen LogP contribution in [0, 0.1) is 6.92 Å². The van der Waals surface area contributed by atoms with E-state index in [1.165, 1.54) is 11.3 Å². The highest BCUT2D eigenvalue weighted by atomic mass is 32.1. The lowest BCUT2D eigenvalue weighted by Gasteiger charge is -2.19. The third kappa shape index (κ3) is 2.92. The molecular formula is C15H19N3O3S. The van der Waals surface area contributed by atoms with Crippen molar-refractivity contribution in [3.05, 3.63) is 39.3 Å². The van der Waals surface area contributed by atoms with Gasteiger partial charge in [0.05, 0.1) is 29.4 Å². The molecule has 0 radical (unpaired) electrons. The lowest BCUT2D eigenvalue weighted by molar-refractivity contribution is 0.0750. The fourth-order valence-corrected chi connectivity index (χ4v) is 3.45. The Labute approximate surface area is 132 Å². The molecule has 0 aromatic carbocycles. The lowest BCUT2D eigenvalue weighted by atomic mass is 10.2. The number of carbonyl (C=O) groups excluding carboxylic acids is 1. The van der Waals surface area contributed by atoms with Crippen LogP contribution in [0.4, 0.5) is 0 Å². The Morgan fingerprint density at radius 2 is 2.27 bits per heavy atom. The molecule has 0 spiro atoms. The van der Waals surface area contributed by atoms with E-state index < -0.39 is 6.10 Å². The van der Waals surface area contributed by atoms with E-state index in [0.29, 0.717) is 25.3 Å². The standard InChI is InChI=1S/C15H19N3O3S/c1-10-3-4-14(22-10)15(21)17-5-2-6-18-11(8-17)7-12(16-18)13(20)9-19/h3-4,7,13,19-20H,2,5-6,8-9H2,1H3. The maximum atomic E-state index is 12.6. The van der Waals surface area contributed by atoms with Crippen LogP contribution in [0.1, 0.15) is 38.5 Å². The number of hydrogen-bond donors (Lipinski definition) is 2. The van der Waals surface area contributed by atoms with E-state index >= 15 is 0 Å². The van der Waals surface area contributed by atoms with Crippen molar-refractivity contribution in [3.63, 3.8) is 0 Å². The third-order valence-electron chi connectivity index (χ3n) is 3.79. The minimum atomic E-state index is -0.969. The Balaban J connectivity index is 1.81. The average molecular weight is 321 g/mol. The minimum Gasteiger partial charge on any atom is -0.393 e. The number of hydrogen-bond acceptors (Lipinski definition) is 5. The number of carbonyl (C=O) groups is 1. The normalized spacial score (nSPS) is 16.2. The van der Waals surface area contributed by atoms with Gasteiger partial charge in [-0.2, -0.15) is 5.10 Å². The Kier molecular flexibility index (Phi) is 4.28. The number of rotatable bonds is 3. The van der Waals surface area contributed by atoms with E-state index in [4.69, 9.17) is 5.11 Å². The highest BCUT2D eigenvalue weighted by molar-refractivity contribution is 7.13. The summed E-state index contributed by atoms with van der Waals surface area (Å²) in [7, 11) is 0. The van der Waals surface area contributed by atoms with Crippen molar-refractivity contribution in [2.45, 2.75) is 32.5 Å². The van der Waals surface area contributed by atoms with Crippen LogP contribution in [0.5, 0.6) is 0 Å². The molecule has 0 aliphatic carbocycles. The van der Waals surface area contributed by atoms with Gasteiger partial charge in [0.1, 0.15) is 6.10 Å². The molecule has 1 aliphatic heterocycles. The number of aliphatic hydroxyl groups is 2. The first-order chi connectivity index (χ1) is 10.6. The highest BCUT2D eigenvalue weighted by Crippen LogP contribution is 2.22. The predicted octanol–water partition coefficient (Wildman–Crippen LogP) is 1.32. The fourth-order valence-electron chi connectivity index (χ4n) is 2.62. The van der Waals surface area contributed by atoms with Gasteiger partial charge in [0.15, 0.2) is 0 Å². The van der Waals surface area contributed by atoms with Gasteiger partial charge in [-0.15, -0.1) is 11.3 Å². The Morgan fingerprint density at radius 1 is 1.45 bits per heavy atom. The molecule has 1 aliphatic rings. The molecule has 2 aromatic rings. The van der Waals surface area contributed by atoms with E-state index in [1.807, 2.05) is 28.6 Å². The summed E-state index contributed by atoms with van der Waals surface area (Å²) in [6, 6.07) is 5.59. The molecule has 3 rings (SSSR count). The Hall–Kier alpha value is -1.70. The number of aromatic nitrogens is 2. The van der Waals surface area contributed by atoms with Gasteiger partial charge in [0.25, 0.3) is 5.91 Å². The SMILES string of the molecule is Cc1ccc(C(=O)N2CCCn3nc(C(O)CO)cc3C2)s1. The fraction of sp³-hybridized carbons (Fsp3) is 0.467. The molecule has 1 amide bonds. The smallest absolute Gasteiger partial charge is 0.264 e. The van der Waals surface area contributed by atoms with Crippen molar-refractivity contribution in [2.24, 2.45) is 0 Å². The van der Waals surface area contributed by atoms with Crippen LogP contribution in [0.15, 0.2) is 18.2 Å². The zero-order chi connectivity index (χ0) is 15.7. The van der Waals surface area contributed by atoms with E-state index in [1.54, 1.807) is 6.07 Å². The van der Waals surface area contributed by atoms with Gasteiger partial charge in [-0.05, 0) is 31.5 Å². The first-order valence-electron chi connectivity index (χ1n) is 7.29. The van der Waals surface area contributed by atoms with Crippen molar-refractivity contribution >= 4 is 17.2 Å². The quantitative estimate of drug-likeness (QED) is 0.894. The Morgan fingerprint density at radius 3 is 2.95 bits per heavy atom. The molecule has 2 aromatic heterocycles. The lowest BCUT2D eigenvalue weighted by Crippen LogP contribution is -2.30. The van der Waals surface area contributed by atoms with Gasteiger partial charge in [0, 0.05) is 18.0 Å². The summed E-state index contributed by atoms with van der Waals surface area (Å²) in [6.45, 7) is 3.51. The molecule has 1 atom stereocenters. The largest absolute Gasteiger partial charge is 0.393 e. The molecule has 1 unspecified atom stereocenters. The van der Waals surface area contributed by atoms with Gasteiger partial charge in [-0.3, -0.25) is 9.48 Å². The Bertz CT molecular complexity index is 679. The summed E-state index contributed by atoms with van der Waals surface area (Å²) >= 11 is 1.50. The molecule has 118 valence electrons. The average Bonchev–Trinajstić information content (AvgIpc) is 3.07. The molecule has 22 heavy (non-hydrogen) atoms. The van der Waals surface area contributed by atoms with Gasteiger partial charge < -0.3 is 15.1 Å². The molecule has 0 bridgehead atoms. The second kappa shape index (κ2) is 6.20. The van der Waals surface area contributed by atoms with E-state index in [9.17, 15) is 9.90 Å². The number of fused-ring (bicyclic) bond motifs is 1. The van der Waals surface area contributed by atoms with Crippen LogP contribution in [-0.4, -0.2) is 44.0 Å². The molecule has 6 nitrogen and oxygen atoms in total. The third-order valence-corrected chi connectivity index (χ3v) is 4.77. The summed E-state index contributed by atoms with van der Waals surface area (Å²) in [5, 5.41) is 23.1.